The molecule has 5 heteroatoms. The van der Waals surface area contributed by atoms with Crippen LogP contribution in [0.3, 0.4) is 0 Å². The number of carbonyl (C=O) groups excluding carboxylic acids is 2. The zero-order valence-corrected chi connectivity index (χ0v) is 14.8. The third-order valence-electron chi connectivity index (χ3n) is 4.44. The van der Waals surface area contributed by atoms with E-state index in [9.17, 15) is 14.9 Å². The highest BCUT2D eigenvalue weighted by atomic mass is 32.1. The summed E-state index contributed by atoms with van der Waals surface area (Å²) in [4.78, 5) is 25.5. The van der Waals surface area contributed by atoms with Crippen LogP contribution < -0.4 is 5.32 Å². The van der Waals surface area contributed by atoms with Gasteiger partial charge in [-0.25, -0.2) is 0 Å². The van der Waals surface area contributed by atoms with Crippen molar-refractivity contribution in [3.63, 3.8) is 0 Å². The quantitative estimate of drug-likeness (QED) is 0.779. The number of Topliss-reactive ketones (excluding diaryl/α,β-unsaturated/α-hetero) is 1. The van der Waals surface area contributed by atoms with Crippen molar-refractivity contribution in [3.05, 3.63) is 51.9 Å². The van der Waals surface area contributed by atoms with Gasteiger partial charge in [0.1, 0.15) is 11.1 Å². The second kappa shape index (κ2) is 8.09. The van der Waals surface area contributed by atoms with E-state index < -0.39 is 0 Å². The first-order chi connectivity index (χ1) is 12.2. The number of fused-ring (bicyclic) bond motifs is 1. The monoisotopic (exact) mass is 352 g/mol. The molecular weight excluding hydrogens is 332 g/mol. The van der Waals surface area contributed by atoms with Crippen molar-refractivity contribution in [2.75, 3.05) is 5.32 Å². The van der Waals surface area contributed by atoms with Crippen molar-refractivity contribution >= 4 is 28.0 Å². The molecule has 1 aliphatic rings. The van der Waals surface area contributed by atoms with Gasteiger partial charge in [0.05, 0.1) is 5.56 Å². The lowest BCUT2D eigenvalue weighted by molar-refractivity contribution is -0.116. The summed E-state index contributed by atoms with van der Waals surface area (Å²) in [7, 11) is 0. The van der Waals surface area contributed by atoms with Crippen LogP contribution in [0.5, 0.6) is 0 Å². The molecule has 1 aromatic carbocycles. The van der Waals surface area contributed by atoms with Crippen molar-refractivity contribution in [2.45, 2.75) is 44.9 Å². The minimum Gasteiger partial charge on any atom is -0.317 e. The Bertz CT molecular complexity index is 818. The van der Waals surface area contributed by atoms with Crippen LogP contribution in [0.1, 0.15) is 58.5 Å². The highest BCUT2D eigenvalue weighted by Gasteiger charge is 2.21. The van der Waals surface area contributed by atoms with E-state index in [1.54, 1.807) is 12.1 Å². The van der Waals surface area contributed by atoms with E-state index in [1.165, 1.54) is 16.2 Å². The molecule has 1 heterocycles. The van der Waals surface area contributed by atoms with E-state index in [0.29, 0.717) is 29.0 Å². The highest BCUT2D eigenvalue weighted by Crippen LogP contribution is 2.37. The summed E-state index contributed by atoms with van der Waals surface area (Å²) in [6.45, 7) is 0. The summed E-state index contributed by atoms with van der Waals surface area (Å²) < 4.78 is 0. The van der Waals surface area contributed by atoms with Gasteiger partial charge in [-0.15, -0.1) is 11.3 Å². The van der Waals surface area contributed by atoms with Gasteiger partial charge in [-0.1, -0.05) is 30.3 Å². The molecule has 128 valence electrons. The van der Waals surface area contributed by atoms with Gasteiger partial charge in [-0.05, 0) is 37.7 Å². The number of aryl methyl sites for hydroxylation is 1. The third kappa shape index (κ3) is 4.15. The van der Waals surface area contributed by atoms with Gasteiger partial charge in [0, 0.05) is 23.3 Å². The molecule has 0 saturated carbocycles. The number of anilines is 1. The fourth-order valence-corrected chi connectivity index (χ4v) is 4.40. The molecule has 0 atom stereocenters. The molecule has 0 radical (unpaired) electrons. The summed E-state index contributed by atoms with van der Waals surface area (Å²) in [6.07, 6.45) is 5.31. The van der Waals surface area contributed by atoms with E-state index in [4.69, 9.17) is 0 Å². The van der Waals surface area contributed by atoms with E-state index in [0.717, 1.165) is 31.2 Å². The first kappa shape index (κ1) is 17.4. The third-order valence-corrected chi connectivity index (χ3v) is 5.65. The molecule has 25 heavy (non-hydrogen) atoms. The van der Waals surface area contributed by atoms with Gasteiger partial charge in [0.25, 0.3) is 0 Å². The number of nitrogens with zero attached hydrogens (tertiary/aromatic N) is 1. The molecule has 1 amide bonds. The van der Waals surface area contributed by atoms with E-state index in [2.05, 4.69) is 11.4 Å². The van der Waals surface area contributed by atoms with Crippen LogP contribution in [-0.2, 0) is 17.6 Å². The lowest BCUT2D eigenvalue weighted by Gasteiger charge is -2.09. The second-order valence-corrected chi connectivity index (χ2v) is 7.32. The van der Waals surface area contributed by atoms with Crippen LogP contribution in [0.2, 0.25) is 0 Å². The Morgan fingerprint density at radius 1 is 1.12 bits per heavy atom. The molecule has 1 aliphatic carbocycles. The zero-order chi connectivity index (χ0) is 17.6. The maximum atomic E-state index is 12.2. The van der Waals surface area contributed by atoms with Crippen LogP contribution in [-0.4, -0.2) is 11.7 Å². The molecule has 1 aromatic heterocycles. The minimum absolute atomic E-state index is 0.0534. The second-order valence-electron chi connectivity index (χ2n) is 6.22. The summed E-state index contributed by atoms with van der Waals surface area (Å²) >= 11 is 1.53. The largest absolute Gasteiger partial charge is 0.317 e. The summed E-state index contributed by atoms with van der Waals surface area (Å²) in [5.74, 6) is -0.0753. The van der Waals surface area contributed by atoms with Crippen molar-refractivity contribution < 1.29 is 9.59 Å². The predicted molar refractivity (Wildman–Crippen MR) is 98.9 cm³/mol. The number of carbonyl (C=O) groups is 2. The fourth-order valence-electron chi connectivity index (χ4n) is 3.14. The first-order valence-electron chi connectivity index (χ1n) is 8.62. The Morgan fingerprint density at radius 2 is 1.88 bits per heavy atom. The number of nitrogens with one attached hydrogen (secondary N) is 1. The smallest absolute Gasteiger partial charge is 0.225 e. The number of hydrogen-bond donors (Lipinski definition) is 1. The highest BCUT2D eigenvalue weighted by molar-refractivity contribution is 7.16. The number of thiophene rings is 1. The fraction of sp³-hybridized carbons (Fsp3) is 0.350. The van der Waals surface area contributed by atoms with Crippen LogP contribution >= 0.6 is 11.3 Å². The predicted octanol–water partition coefficient (Wildman–Crippen LogP) is 4.49. The van der Waals surface area contributed by atoms with Crippen molar-refractivity contribution in [3.8, 4) is 6.07 Å². The van der Waals surface area contributed by atoms with Crippen molar-refractivity contribution in [1.29, 1.82) is 5.26 Å². The van der Waals surface area contributed by atoms with E-state index >= 15 is 0 Å². The topological polar surface area (TPSA) is 70.0 Å². The van der Waals surface area contributed by atoms with E-state index in [1.807, 2.05) is 18.2 Å². The molecule has 0 fully saturated rings. The molecule has 0 unspecified atom stereocenters. The average molecular weight is 352 g/mol. The van der Waals surface area contributed by atoms with Gasteiger partial charge in [-0.3, -0.25) is 9.59 Å². The average Bonchev–Trinajstić information content (AvgIpc) is 2.99. The Labute approximate surface area is 151 Å². The summed E-state index contributed by atoms with van der Waals surface area (Å²) in [6, 6.07) is 11.4. The number of nitriles is 1. The maximum absolute atomic E-state index is 12.2. The Kier molecular flexibility index (Phi) is 5.62. The van der Waals surface area contributed by atoms with Crippen LogP contribution in [0.15, 0.2) is 30.3 Å². The molecule has 4 nitrogen and oxygen atoms in total. The van der Waals surface area contributed by atoms with Crippen LogP contribution in [0, 0.1) is 11.3 Å². The number of ketones is 1. The number of benzene rings is 1. The van der Waals surface area contributed by atoms with Gasteiger partial charge >= 0.3 is 0 Å². The van der Waals surface area contributed by atoms with Crippen LogP contribution in [0.25, 0.3) is 0 Å². The molecule has 0 bridgehead atoms. The lowest BCUT2D eigenvalue weighted by Crippen LogP contribution is -2.12. The zero-order valence-electron chi connectivity index (χ0n) is 14.0. The number of amides is 1. The Hall–Kier alpha value is -2.45. The minimum atomic E-state index is -0.129. The molecule has 0 aliphatic heterocycles. The molecule has 0 spiro atoms. The Morgan fingerprint density at radius 3 is 2.64 bits per heavy atom. The van der Waals surface area contributed by atoms with Gasteiger partial charge in [0.15, 0.2) is 5.78 Å². The molecule has 1 N–H and O–H groups in total. The van der Waals surface area contributed by atoms with Crippen molar-refractivity contribution in [2.24, 2.45) is 0 Å². The molecule has 2 aromatic rings. The van der Waals surface area contributed by atoms with Gasteiger partial charge in [0.2, 0.25) is 5.91 Å². The lowest BCUT2D eigenvalue weighted by atomic mass is 9.96. The molecule has 3 rings (SSSR count). The van der Waals surface area contributed by atoms with Crippen molar-refractivity contribution in [1.82, 2.24) is 0 Å². The molecular formula is C20H20N2O2S. The molecule has 0 saturated heterocycles. The maximum Gasteiger partial charge on any atom is 0.225 e. The van der Waals surface area contributed by atoms with E-state index in [-0.39, 0.29) is 18.1 Å². The summed E-state index contributed by atoms with van der Waals surface area (Å²) in [5, 5.41) is 13.0. The van der Waals surface area contributed by atoms with Gasteiger partial charge in [-0.2, -0.15) is 5.26 Å². The van der Waals surface area contributed by atoms with Gasteiger partial charge < -0.3 is 5.32 Å². The Balaban J connectivity index is 1.54. The number of rotatable bonds is 6. The summed E-state index contributed by atoms with van der Waals surface area (Å²) in [5.41, 5.74) is 2.43. The first-order valence-corrected chi connectivity index (χ1v) is 9.43. The standard InChI is InChI=1S/C20H20N2O2S/c21-13-16-15-9-4-5-11-18(15)25-20(16)22-19(24)12-6-10-17(23)14-7-2-1-3-8-14/h1-3,7-8H,4-6,9-12H2,(H,22,24). The van der Waals surface area contributed by atoms with Crippen LogP contribution in [0.4, 0.5) is 5.00 Å². The normalized spacial score (nSPS) is 12.9. The number of hydrogen-bond acceptors (Lipinski definition) is 4. The SMILES string of the molecule is N#Cc1c(NC(=O)CCCC(=O)c2ccccc2)sc2c1CCCC2.